The number of carboxylic acids is 1. The van der Waals surface area contributed by atoms with Crippen molar-refractivity contribution in [1.82, 2.24) is 0 Å². The largest absolute Gasteiger partial charge is 0.478 e. The lowest BCUT2D eigenvalue weighted by Gasteiger charge is -2.16. The van der Waals surface area contributed by atoms with Gasteiger partial charge in [-0.05, 0) is 18.2 Å². The molecule has 1 aromatic carbocycles. The number of hydrogen-bond donors (Lipinski definition) is 2. The monoisotopic (exact) mass is 269 g/mol. The van der Waals surface area contributed by atoms with Crippen molar-refractivity contribution < 1.29 is 31.9 Å². The van der Waals surface area contributed by atoms with Crippen molar-refractivity contribution in [3.63, 3.8) is 0 Å². The number of benzene rings is 1. The van der Waals surface area contributed by atoms with E-state index in [9.17, 15) is 26.7 Å². The molecule has 100 valence electrons. The minimum absolute atomic E-state index is 0.210. The Labute approximate surface area is 98.2 Å². The summed E-state index contributed by atoms with van der Waals surface area (Å²) < 4.78 is 61.8. The summed E-state index contributed by atoms with van der Waals surface area (Å²) in [5.41, 5.74) is -0.848. The molecule has 0 spiro atoms. The summed E-state index contributed by atoms with van der Waals surface area (Å²) in [5, 5.41) is 10.4. The third kappa shape index (κ3) is 3.31. The van der Waals surface area contributed by atoms with Crippen molar-refractivity contribution in [3.05, 3.63) is 29.6 Å². The highest BCUT2D eigenvalue weighted by Crippen LogP contribution is 2.24. The van der Waals surface area contributed by atoms with Gasteiger partial charge in [0.2, 0.25) is 0 Å². The maximum atomic E-state index is 13.1. The molecule has 0 saturated carbocycles. The zero-order valence-electron chi connectivity index (χ0n) is 8.76. The van der Waals surface area contributed by atoms with Gasteiger partial charge in [0.05, 0.1) is 12.1 Å². The van der Waals surface area contributed by atoms with Crippen molar-refractivity contribution >= 4 is 11.7 Å². The van der Waals surface area contributed by atoms with Gasteiger partial charge in [-0.3, -0.25) is 0 Å². The van der Waals surface area contributed by atoms with E-state index in [0.717, 1.165) is 12.1 Å². The van der Waals surface area contributed by atoms with Crippen LogP contribution in [0.1, 0.15) is 10.4 Å². The summed E-state index contributed by atoms with van der Waals surface area (Å²) in [6, 6.07) is 2.50. The topological polar surface area (TPSA) is 49.3 Å². The van der Waals surface area contributed by atoms with Crippen molar-refractivity contribution in [2.45, 2.75) is 12.3 Å². The predicted octanol–water partition coefficient (Wildman–Crippen LogP) is 2.84. The van der Waals surface area contributed by atoms with Crippen LogP contribution in [-0.2, 0) is 0 Å². The zero-order chi connectivity index (χ0) is 13.9. The van der Waals surface area contributed by atoms with Crippen LogP contribution in [-0.4, -0.2) is 30.0 Å². The lowest BCUT2D eigenvalue weighted by atomic mass is 10.2. The van der Waals surface area contributed by atoms with E-state index >= 15 is 0 Å². The molecule has 1 rings (SSSR count). The van der Waals surface area contributed by atoms with Crippen molar-refractivity contribution in [1.29, 1.82) is 0 Å². The van der Waals surface area contributed by atoms with Gasteiger partial charge >= 0.3 is 18.3 Å². The second-order valence-corrected chi connectivity index (χ2v) is 3.42. The molecule has 0 aromatic heterocycles. The standard InChI is InChI=1S/C10H8F5NO2/c11-7-3-5(1-2-6(7)8(17)18)16-4-10(14,15)9(12)13/h1-3,9,16H,4H2,(H,17,18). The number of rotatable bonds is 5. The fraction of sp³-hybridized carbons (Fsp3) is 0.300. The number of alkyl halides is 4. The molecule has 0 bridgehead atoms. The molecule has 0 saturated heterocycles. The molecular formula is C10H8F5NO2. The summed E-state index contributed by atoms with van der Waals surface area (Å²) in [6.45, 7) is -1.38. The number of carboxylic acid groups (broad SMARTS) is 1. The Kier molecular flexibility index (Phi) is 4.10. The van der Waals surface area contributed by atoms with Gasteiger partial charge in [0.15, 0.2) is 0 Å². The van der Waals surface area contributed by atoms with Gasteiger partial charge in [-0.2, -0.15) is 8.78 Å². The molecule has 0 radical (unpaired) electrons. The van der Waals surface area contributed by atoms with E-state index < -0.39 is 36.2 Å². The first kappa shape index (κ1) is 14.2. The van der Waals surface area contributed by atoms with Crippen LogP contribution in [0, 0.1) is 5.82 Å². The molecule has 0 amide bonds. The molecule has 2 N–H and O–H groups in total. The second kappa shape index (κ2) is 5.19. The van der Waals surface area contributed by atoms with Crippen molar-refractivity contribution in [2.75, 3.05) is 11.9 Å². The number of aromatic carboxylic acids is 1. The summed E-state index contributed by atoms with van der Waals surface area (Å²) in [7, 11) is 0. The second-order valence-electron chi connectivity index (χ2n) is 3.42. The Balaban J connectivity index is 2.76. The van der Waals surface area contributed by atoms with E-state index in [1.165, 1.54) is 0 Å². The van der Waals surface area contributed by atoms with E-state index in [2.05, 4.69) is 0 Å². The van der Waals surface area contributed by atoms with Crippen molar-refractivity contribution in [3.8, 4) is 0 Å². The highest BCUT2D eigenvalue weighted by molar-refractivity contribution is 5.88. The molecule has 0 heterocycles. The molecule has 0 fully saturated rings. The molecule has 1 aromatic rings. The summed E-state index contributed by atoms with van der Waals surface area (Å²) >= 11 is 0. The lowest BCUT2D eigenvalue weighted by molar-refractivity contribution is -0.117. The first-order valence-electron chi connectivity index (χ1n) is 4.66. The van der Waals surface area contributed by atoms with E-state index in [1.807, 2.05) is 5.32 Å². The Bertz CT molecular complexity index is 450. The molecule has 3 nitrogen and oxygen atoms in total. The van der Waals surface area contributed by atoms with Crippen LogP contribution in [0.2, 0.25) is 0 Å². The highest BCUT2D eigenvalue weighted by Gasteiger charge is 2.40. The van der Waals surface area contributed by atoms with Crippen LogP contribution in [0.4, 0.5) is 27.6 Å². The number of nitrogens with one attached hydrogen (secondary N) is 1. The number of hydrogen-bond acceptors (Lipinski definition) is 2. The summed E-state index contributed by atoms with van der Waals surface area (Å²) in [6.07, 6.45) is -3.84. The molecular weight excluding hydrogens is 261 g/mol. The maximum absolute atomic E-state index is 13.1. The average molecular weight is 269 g/mol. The van der Waals surface area contributed by atoms with Gasteiger partial charge in [0.1, 0.15) is 5.82 Å². The molecule has 18 heavy (non-hydrogen) atoms. The van der Waals surface area contributed by atoms with Crippen LogP contribution in [0.3, 0.4) is 0 Å². The van der Waals surface area contributed by atoms with E-state index in [4.69, 9.17) is 5.11 Å². The van der Waals surface area contributed by atoms with Gasteiger partial charge in [-0.15, -0.1) is 0 Å². The van der Waals surface area contributed by atoms with Crippen molar-refractivity contribution in [2.24, 2.45) is 0 Å². The van der Waals surface area contributed by atoms with Crippen LogP contribution in [0.25, 0.3) is 0 Å². The minimum atomic E-state index is -4.25. The average Bonchev–Trinajstić information content (AvgIpc) is 2.25. The molecule has 0 atom stereocenters. The number of anilines is 1. The molecule has 0 unspecified atom stereocenters. The smallest absolute Gasteiger partial charge is 0.338 e. The van der Waals surface area contributed by atoms with Crippen LogP contribution < -0.4 is 5.32 Å². The Morgan fingerprint density at radius 3 is 2.44 bits per heavy atom. The van der Waals surface area contributed by atoms with E-state index in [-0.39, 0.29) is 5.69 Å². The first-order chi connectivity index (χ1) is 8.24. The highest BCUT2D eigenvalue weighted by atomic mass is 19.3. The van der Waals surface area contributed by atoms with Gasteiger partial charge < -0.3 is 10.4 Å². The Morgan fingerprint density at radius 1 is 1.39 bits per heavy atom. The Hall–Kier alpha value is -1.86. The van der Waals surface area contributed by atoms with Crippen LogP contribution in [0.5, 0.6) is 0 Å². The predicted molar refractivity (Wildman–Crippen MR) is 52.8 cm³/mol. The summed E-state index contributed by atoms with van der Waals surface area (Å²) in [5.74, 6) is -6.91. The fourth-order valence-corrected chi connectivity index (χ4v) is 1.10. The fourth-order valence-electron chi connectivity index (χ4n) is 1.10. The minimum Gasteiger partial charge on any atom is -0.478 e. The van der Waals surface area contributed by atoms with Gasteiger partial charge in [0.25, 0.3) is 0 Å². The first-order valence-corrected chi connectivity index (χ1v) is 4.66. The SMILES string of the molecule is O=C(O)c1ccc(NCC(F)(F)C(F)F)cc1F. The zero-order valence-corrected chi connectivity index (χ0v) is 8.76. The number of halogens is 5. The lowest BCUT2D eigenvalue weighted by Crippen LogP contribution is -2.34. The quantitative estimate of drug-likeness (QED) is 0.808. The molecule has 8 heteroatoms. The van der Waals surface area contributed by atoms with Gasteiger partial charge in [-0.25, -0.2) is 18.0 Å². The van der Waals surface area contributed by atoms with E-state index in [0.29, 0.717) is 6.07 Å². The van der Waals surface area contributed by atoms with Crippen LogP contribution >= 0.6 is 0 Å². The maximum Gasteiger partial charge on any atom is 0.338 e. The van der Waals surface area contributed by atoms with Gasteiger partial charge in [-0.1, -0.05) is 0 Å². The number of carbonyl (C=O) groups is 1. The van der Waals surface area contributed by atoms with Crippen LogP contribution in [0.15, 0.2) is 18.2 Å². The molecule has 0 aliphatic rings. The van der Waals surface area contributed by atoms with Gasteiger partial charge in [0, 0.05) is 5.69 Å². The summed E-state index contributed by atoms with van der Waals surface area (Å²) in [4.78, 5) is 10.5. The van der Waals surface area contributed by atoms with E-state index in [1.54, 1.807) is 0 Å². The third-order valence-electron chi connectivity index (χ3n) is 2.05. The molecule has 0 aliphatic carbocycles. The molecule has 0 aliphatic heterocycles. The Morgan fingerprint density at radius 2 is 2.00 bits per heavy atom. The normalized spacial score (nSPS) is 11.7. The third-order valence-corrected chi connectivity index (χ3v) is 2.05.